The van der Waals surface area contributed by atoms with E-state index in [2.05, 4.69) is 0 Å². The molecule has 0 aromatic heterocycles. The van der Waals surface area contributed by atoms with Gasteiger partial charge in [0.2, 0.25) is 5.72 Å². The minimum absolute atomic E-state index is 0.0466. The van der Waals surface area contributed by atoms with Crippen LogP contribution in [0.3, 0.4) is 0 Å². The van der Waals surface area contributed by atoms with Gasteiger partial charge in [-0.1, -0.05) is 23.7 Å². The maximum Gasteiger partial charge on any atom is 0.220 e. The highest BCUT2D eigenvalue weighted by molar-refractivity contribution is 6.30. The number of ether oxygens (including phenoxy) is 1. The molecule has 27 heavy (non-hydrogen) atoms. The first-order valence-electron chi connectivity index (χ1n) is 9.06. The fourth-order valence-corrected chi connectivity index (χ4v) is 4.40. The first-order valence-corrected chi connectivity index (χ1v) is 9.44. The molecule has 2 heterocycles. The number of nitrogens with zero attached hydrogens (tertiary/aromatic N) is 2. The summed E-state index contributed by atoms with van der Waals surface area (Å²) < 4.78 is 19.7. The van der Waals surface area contributed by atoms with Gasteiger partial charge < -0.3 is 9.84 Å². The number of allylic oxidation sites excluding steroid dienone is 1. The number of aliphatic hydroxyl groups is 1. The fourth-order valence-electron chi connectivity index (χ4n) is 4.22. The van der Waals surface area contributed by atoms with Crippen molar-refractivity contribution in [1.82, 2.24) is 5.01 Å². The van der Waals surface area contributed by atoms with Gasteiger partial charge in [-0.2, -0.15) is 5.10 Å². The highest BCUT2D eigenvalue weighted by Gasteiger charge is 2.50. The van der Waals surface area contributed by atoms with Crippen molar-refractivity contribution in [3.63, 3.8) is 0 Å². The van der Waals surface area contributed by atoms with Gasteiger partial charge in [-0.25, -0.2) is 9.40 Å². The number of rotatable bonds is 1. The zero-order valence-corrected chi connectivity index (χ0v) is 15.3. The standard InChI is InChI=1S/C21H18ClFN2O2/c22-14-5-8-20-17(10-14)19-11-18(13-3-6-15(23)7-4-13)24-25(19)21(27-20)9-1-2-16(26)12-21/h3-8,10,12,19,26H,1-2,9,11H2/t19-,21+/m1/s1. The second-order valence-corrected chi connectivity index (χ2v) is 7.67. The third-order valence-electron chi connectivity index (χ3n) is 5.45. The molecule has 0 bridgehead atoms. The Morgan fingerprint density at radius 2 is 2.04 bits per heavy atom. The normalized spacial score (nSPS) is 26.1. The lowest BCUT2D eigenvalue weighted by molar-refractivity contribution is -0.0944. The Kier molecular flexibility index (Phi) is 3.69. The van der Waals surface area contributed by atoms with E-state index in [1.807, 2.05) is 23.2 Å². The van der Waals surface area contributed by atoms with Crippen LogP contribution in [0.4, 0.5) is 4.39 Å². The molecule has 1 spiro atoms. The summed E-state index contributed by atoms with van der Waals surface area (Å²) in [6.45, 7) is 0. The summed E-state index contributed by atoms with van der Waals surface area (Å²) in [5, 5.41) is 17.6. The topological polar surface area (TPSA) is 45.1 Å². The summed E-state index contributed by atoms with van der Waals surface area (Å²) in [6.07, 6.45) is 4.63. The minimum atomic E-state index is -0.810. The molecule has 1 aliphatic carbocycles. The van der Waals surface area contributed by atoms with E-state index in [4.69, 9.17) is 21.4 Å². The van der Waals surface area contributed by atoms with E-state index in [9.17, 15) is 9.50 Å². The zero-order chi connectivity index (χ0) is 18.6. The van der Waals surface area contributed by atoms with Crippen LogP contribution in [0, 0.1) is 5.82 Å². The Labute approximate surface area is 161 Å². The molecule has 0 saturated carbocycles. The molecule has 0 amide bonds. The first kappa shape index (κ1) is 16.6. The summed E-state index contributed by atoms with van der Waals surface area (Å²) in [4.78, 5) is 0. The molecule has 0 unspecified atom stereocenters. The number of aliphatic hydroxyl groups excluding tert-OH is 1. The van der Waals surface area contributed by atoms with Crippen LogP contribution >= 0.6 is 11.6 Å². The van der Waals surface area contributed by atoms with Crippen molar-refractivity contribution in [2.45, 2.75) is 37.5 Å². The average molecular weight is 385 g/mol. The third-order valence-corrected chi connectivity index (χ3v) is 5.69. The molecule has 2 aromatic rings. The van der Waals surface area contributed by atoms with Gasteiger partial charge in [0.1, 0.15) is 11.6 Å². The molecule has 5 rings (SSSR count). The van der Waals surface area contributed by atoms with E-state index in [-0.39, 0.29) is 11.9 Å². The van der Waals surface area contributed by atoms with Crippen molar-refractivity contribution < 1.29 is 14.2 Å². The van der Waals surface area contributed by atoms with Crippen LogP contribution in [-0.4, -0.2) is 21.6 Å². The highest BCUT2D eigenvalue weighted by Crippen LogP contribution is 2.50. The van der Waals surface area contributed by atoms with E-state index in [0.29, 0.717) is 23.6 Å². The van der Waals surface area contributed by atoms with E-state index < -0.39 is 5.72 Å². The van der Waals surface area contributed by atoms with Crippen LogP contribution < -0.4 is 4.74 Å². The number of hydrogen-bond acceptors (Lipinski definition) is 4. The average Bonchev–Trinajstić information content (AvgIpc) is 3.10. The maximum atomic E-state index is 13.3. The lowest BCUT2D eigenvalue weighted by atomic mass is 9.90. The largest absolute Gasteiger partial charge is 0.512 e. The molecular weight excluding hydrogens is 367 g/mol. The van der Waals surface area contributed by atoms with Gasteiger partial charge in [0, 0.05) is 35.9 Å². The Morgan fingerprint density at radius 1 is 1.22 bits per heavy atom. The van der Waals surface area contributed by atoms with Gasteiger partial charge >= 0.3 is 0 Å². The quantitative estimate of drug-likeness (QED) is 0.721. The van der Waals surface area contributed by atoms with Gasteiger partial charge in [-0.15, -0.1) is 0 Å². The molecule has 0 fully saturated rings. The lowest BCUT2D eigenvalue weighted by Crippen LogP contribution is -2.53. The van der Waals surface area contributed by atoms with E-state index in [1.54, 1.807) is 18.2 Å². The van der Waals surface area contributed by atoms with Crippen LogP contribution in [0.1, 0.15) is 42.9 Å². The van der Waals surface area contributed by atoms with Crippen LogP contribution in [0.2, 0.25) is 5.02 Å². The zero-order valence-electron chi connectivity index (χ0n) is 14.5. The molecule has 2 aromatic carbocycles. The summed E-state index contributed by atoms with van der Waals surface area (Å²) in [6, 6.07) is 11.9. The molecule has 1 N–H and O–H groups in total. The molecule has 0 radical (unpaired) electrons. The van der Waals surface area contributed by atoms with Crippen molar-refractivity contribution in [3.8, 4) is 5.75 Å². The first-order chi connectivity index (χ1) is 13.0. The monoisotopic (exact) mass is 384 g/mol. The smallest absolute Gasteiger partial charge is 0.220 e. The van der Waals surface area contributed by atoms with Crippen molar-refractivity contribution in [1.29, 1.82) is 0 Å². The molecular formula is C21H18ClFN2O2. The molecule has 3 aliphatic rings. The molecule has 138 valence electrons. The SMILES string of the molecule is OC1=C[C@]2(CCC1)Oc1ccc(Cl)cc1[C@H]1CC(c3ccc(F)cc3)=NN12. The van der Waals surface area contributed by atoms with Crippen LogP contribution in [0.5, 0.6) is 5.75 Å². The summed E-state index contributed by atoms with van der Waals surface area (Å²) >= 11 is 6.23. The van der Waals surface area contributed by atoms with Gasteiger partial charge in [0.25, 0.3) is 0 Å². The predicted octanol–water partition coefficient (Wildman–Crippen LogP) is 5.34. The molecule has 0 saturated heterocycles. The highest BCUT2D eigenvalue weighted by atomic mass is 35.5. The second-order valence-electron chi connectivity index (χ2n) is 7.24. The Hall–Kier alpha value is -2.53. The minimum Gasteiger partial charge on any atom is -0.512 e. The summed E-state index contributed by atoms with van der Waals surface area (Å²) in [5.41, 5.74) is 1.92. The summed E-state index contributed by atoms with van der Waals surface area (Å²) in [5.74, 6) is 0.817. The van der Waals surface area contributed by atoms with Crippen LogP contribution in [0.25, 0.3) is 0 Å². The molecule has 4 nitrogen and oxygen atoms in total. The predicted molar refractivity (Wildman–Crippen MR) is 102 cm³/mol. The number of hydrazone groups is 1. The van der Waals surface area contributed by atoms with Gasteiger partial charge in [-0.3, -0.25) is 0 Å². The van der Waals surface area contributed by atoms with E-state index >= 15 is 0 Å². The van der Waals surface area contributed by atoms with Crippen molar-refractivity contribution in [2.24, 2.45) is 5.10 Å². The number of benzene rings is 2. The van der Waals surface area contributed by atoms with E-state index in [1.165, 1.54) is 12.1 Å². The number of hydrogen-bond donors (Lipinski definition) is 1. The lowest BCUT2D eigenvalue weighted by Gasteiger charge is -2.47. The maximum absolute atomic E-state index is 13.3. The summed E-state index contributed by atoms with van der Waals surface area (Å²) in [7, 11) is 0. The van der Waals surface area contributed by atoms with Crippen LogP contribution in [0.15, 0.2) is 59.4 Å². The van der Waals surface area contributed by atoms with E-state index in [0.717, 1.165) is 35.4 Å². The second kappa shape index (κ2) is 5.99. The van der Waals surface area contributed by atoms with Crippen molar-refractivity contribution in [3.05, 3.63) is 76.3 Å². The van der Waals surface area contributed by atoms with Gasteiger partial charge in [-0.05, 0) is 42.3 Å². The van der Waals surface area contributed by atoms with Crippen molar-refractivity contribution in [2.75, 3.05) is 0 Å². The molecule has 2 aliphatic heterocycles. The van der Waals surface area contributed by atoms with Gasteiger partial charge in [0.05, 0.1) is 17.5 Å². The third kappa shape index (κ3) is 2.69. The Morgan fingerprint density at radius 3 is 2.81 bits per heavy atom. The molecule has 6 heteroatoms. The number of fused-ring (bicyclic) bond motifs is 4. The number of halogens is 2. The fraction of sp³-hybridized carbons (Fsp3) is 0.286. The molecule has 2 atom stereocenters. The Bertz CT molecular complexity index is 973. The Balaban J connectivity index is 1.64. The van der Waals surface area contributed by atoms with Crippen LogP contribution in [-0.2, 0) is 0 Å². The van der Waals surface area contributed by atoms with Gasteiger partial charge in [0.15, 0.2) is 0 Å². The van der Waals surface area contributed by atoms with Crippen molar-refractivity contribution >= 4 is 17.3 Å².